The molecule has 0 saturated heterocycles. The van der Waals surface area contributed by atoms with Gasteiger partial charge < -0.3 is 14.1 Å². The van der Waals surface area contributed by atoms with Gasteiger partial charge in [0.15, 0.2) is 11.3 Å². The minimum absolute atomic E-state index is 0. The monoisotopic (exact) mass is 373 g/mol. The number of aliphatic hydroxyl groups is 1. The topological polar surface area (TPSA) is 121 Å². The molecule has 0 amide bonds. The number of rotatable bonds is 3. The Kier molecular flexibility index (Phi) is 5.63. The predicted molar refractivity (Wildman–Crippen MR) is 83.1 cm³/mol. The summed E-state index contributed by atoms with van der Waals surface area (Å²) in [5.41, 5.74) is -0.941. The Morgan fingerprint density at radius 3 is 2.71 bits per heavy atom. The number of hydrogen-bond donors (Lipinski definition) is 1. The van der Waals surface area contributed by atoms with Gasteiger partial charge in [0.25, 0.3) is 0 Å². The van der Waals surface area contributed by atoms with Gasteiger partial charge in [-0.05, 0) is 29.6 Å². The molecule has 118 valence electrons. The first-order valence-corrected chi connectivity index (χ1v) is 8.49. The molecule has 1 aromatic carbocycles. The van der Waals surface area contributed by atoms with E-state index >= 15 is 0 Å². The first kappa shape index (κ1) is 18.8. The van der Waals surface area contributed by atoms with Crippen molar-refractivity contribution in [3.63, 3.8) is 0 Å². The maximum atomic E-state index is 11.9. The van der Waals surface area contributed by atoms with Gasteiger partial charge in [0.2, 0.25) is 0 Å². The van der Waals surface area contributed by atoms with Crippen molar-refractivity contribution in [1.82, 2.24) is 4.98 Å². The van der Waals surface area contributed by atoms with Crippen molar-refractivity contribution in [3.8, 4) is 0 Å². The van der Waals surface area contributed by atoms with E-state index in [1.807, 2.05) is 0 Å². The summed E-state index contributed by atoms with van der Waals surface area (Å²) in [7, 11) is -4.65. The summed E-state index contributed by atoms with van der Waals surface area (Å²) in [6.07, 6.45) is 1.12. The molecule has 3 aromatic rings. The molecule has 0 aliphatic heterocycles. The van der Waals surface area contributed by atoms with Crippen molar-refractivity contribution >= 4 is 44.4 Å². The largest absolute Gasteiger partial charge is 1.00 e. The van der Waals surface area contributed by atoms with Crippen molar-refractivity contribution in [3.05, 3.63) is 56.7 Å². The zero-order valence-electron chi connectivity index (χ0n) is 12.3. The molecule has 1 N–H and O–H groups in total. The maximum absolute atomic E-state index is 11.9. The molecule has 3 rings (SSSR count). The summed E-state index contributed by atoms with van der Waals surface area (Å²) in [6.45, 7) is 0. The molecule has 0 radical (unpaired) electrons. The molecule has 0 spiro atoms. The Morgan fingerprint density at radius 2 is 2.08 bits per heavy atom. The maximum Gasteiger partial charge on any atom is 1.00 e. The van der Waals surface area contributed by atoms with Crippen LogP contribution in [0.5, 0.6) is 0 Å². The number of thiophene rings is 1. The van der Waals surface area contributed by atoms with Gasteiger partial charge >= 0.3 is 35.2 Å². The first-order chi connectivity index (χ1) is 10.8. The summed E-state index contributed by atoms with van der Waals surface area (Å²) < 4.78 is 38.1. The number of aliphatic hydroxyl groups excluding tert-OH is 1. The zero-order valence-corrected chi connectivity index (χ0v) is 15.9. The fourth-order valence-electron chi connectivity index (χ4n) is 1.87. The van der Waals surface area contributed by atoms with E-state index in [9.17, 15) is 22.9 Å². The van der Waals surface area contributed by atoms with Crippen molar-refractivity contribution in [2.24, 2.45) is 0 Å². The normalized spacial score (nSPS) is 12.1. The Bertz CT molecular complexity index is 1070. The second-order valence-electron chi connectivity index (χ2n) is 4.48. The van der Waals surface area contributed by atoms with Gasteiger partial charge in [0.05, 0.1) is 9.77 Å². The van der Waals surface area contributed by atoms with Gasteiger partial charge in [-0.3, -0.25) is 0 Å². The van der Waals surface area contributed by atoms with Crippen LogP contribution in [-0.2, 0) is 10.1 Å². The average molecular weight is 373 g/mol. The van der Waals surface area contributed by atoms with E-state index in [2.05, 4.69) is 4.98 Å². The fraction of sp³-hybridized carbons (Fsp3) is 0. The number of benzene rings is 1. The van der Waals surface area contributed by atoms with Gasteiger partial charge in [0, 0.05) is 6.08 Å². The minimum Gasteiger partial charge on any atom is -0.744 e. The summed E-state index contributed by atoms with van der Waals surface area (Å²) in [5.74, 6) is -0.174. The van der Waals surface area contributed by atoms with E-state index < -0.39 is 20.6 Å². The number of aromatic nitrogens is 1. The molecule has 24 heavy (non-hydrogen) atoms. The van der Waals surface area contributed by atoms with Gasteiger partial charge in [-0.1, -0.05) is 6.07 Å². The molecule has 0 fully saturated rings. The van der Waals surface area contributed by atoms with Crippen LogP contribution in [0.15, 0.2) is 49.8 Å². The summed E-state index contributed by atoms with van der Waals surface area (Å²) in [4.78, 5) is 15.9. The van der Waals surface area contributed by atoms with Crippen LogP contribution in [-0.4, -0.2) is 23.1 Å². The van der Waals surface area contributed by atoms with Crippen LogP contribution in [0.1, 0.15) is 10.6 Å². The van der Waals surface area contributed by atoms with Gasteiger partial charge in [0.1, 0.15) is 21.4 Å². The average Bonchev–Trinajstić information content (AvgIpc) is 3.01. The van der Waals surface area contributed by atoms with E-state index in [-0.39, 0.29) is 52.1 Å². The fourth-order valence-corrected chi connectivity index (χ4v) is 3.00. The molecule has 0 atom stereocenters. The van der Waals surface area contributed by atoms with Gasteiger partial charge in [-0.2, -0.15) is 0 Å². The molecule has 2 heterocycles. The second-order valence-corrected chi connectivity index (χ2v) is 6.80. The molecule has 0 saturated carbocycles. The quantitative estimate of drug-likeness (QED) is 0.363. The van der Waals surface area contributed by atoms with Crippen LogP contribution in [0, 0.1) is 0 Å². The Balaban J connectivity index is 0.00000208. The Hall–Kier alpha value is -1.49. The van der Waals surface area contributed by atoms with E-state index in [1.54, 1.807) is 17.5 Å². The van der Waals surface area contributed by atoms with Crippen LogP contribution in [0.25, 0.3) is 22.9 Å². The van der Waals surface area contributed by atoms with Crippen molar-refractivity contribution in [2.75, 3.05) is 0 Å². The summed E-state index contributed by atoms with van der Waals surface area (Å²) >= 11 is 1.27. The molecule has 0 bridgehead atoms. The standard InChI is InChI=1S/C14H9NO6S2.Na/c16-11(13-2-1-5-22-13)7-10-14(17)21-12-4-3-8(23(18,19)20)6-9(12)15-10;/h1-7,16H,(H,18,19,20);/q;+1/p-1/b11-7-;. The van der Waals surface area contributed by atoms with E-state index in [4.69, 9.17) is 4.42 Å². The Labute approximate surface area is 162 Å². The van der Waals surface area contributed by atoms with Crippen LogP contribution >= 0.6 is 11.3 Å². The van der Waals surface area contributed by atoms with Crippen LogP contribution in [0.4, 0.5) is 0 Å². The van der Waals surface area contributed by atoms with Gasteiger partial charge in [-0.25, -0.2) is 18.2 Å². The smallest absolute Gasteiger partial charge is 0.744 e. The van der Waals surface area contributed by atoms with Crippen molar-refractivity contribution < 1.29 is 52.1 Å². The summed E-state index contributed by atoms with van der Waals surface area (Å²) in [6, 6.07) is 6.61. The minimum atomic E-state index is -4.65. The van der Waals surface area contributed by atoms with E-state index in [1.165, 1.54) is 17.4 Å². The molecule has 0 aliphatic carbocycles. The van der Waals surface area contributed by atoms with Crippen molar-refractivity contribution in [2.45, 2.75) is 4.90 Å². The number of nitrogens with zero attached hydrogens (tertiary/aromatic N) is 1. The Morgan fingerprint density at radius 1 is 1.33 bits per heavy atom. The third kappa shape index (κ3) is 3.94. The molecule has 0 unspecified atom stereocenters. The van der Waals surface area contributed by atoms with Crippen LogP contribution in [0.2, 0.25) is 0 Å². The zero-order chi connectivity index (χ0) is 16.6. The SMILES string of the molecule is O=c1oc2ccc(S(=O)(=O)[O-])cc2nc1/C=C(\O)c1cccs1.[Na+]. The number of fused-ring (bicyclic) bond motifs is 1. The van der Waals surface area contributed by atoms with Crippen LogP contribution in [0.3, 0.4) is 0 Å². The van der Waals surface area contributed by atoms with E-state index in [0.29, 0.717) is 4.88 Å². The molecule has 2 aromatic heterocycles. The van der Waals surface area contributed by atoms with E-state index in [0.717, 1.165) is 18.2 Å². The molecule has 0 aliphatic rings. The first-order valence-electron chi connectivity index (χ1n) is 6.20. The molecular weight excluding hydrogens is 365 g/mol. The van der Waals surface area contributed by atoms with Gasteiger partial charge in [-0.15, -0.1) is 11.3 Å². The molecular formula is C14H8NNaO6S2. The van der Waals surface area contributed by atoms with Crippen molar-refractivity contribution in [1.29, 1.82) is 0 Å². The molecule has 10 heteroatoms. The third-order valence-corrected chi connectivity index (χ3v) is 4.64. The predicted octanol–water partition coefficient (Wildman–Crippen LogP) is -0.786. The molecule has 7 nitrogen and oxygen atoms in total. The third-order valence-electron chi connectivity index (χ3n) is 2.92. The second kappa shape index (κ2) is 7.18. The number of hydrogen-bond acceptors (Lipinski definition) is 8. The summed E-state index contributed by atoms with van der Waals surface area (Å²) in [5, 5.41) is 11.7. The van der Waals surface area contributed by atoms with Crippen LogP contribution < -0.4 is 35.2 Å².